The van der Waals surface area contributed by atoms with Gasteiger partial charge in [-0.1, -0.05) is 12.1 Å². The fourth-order valence-corrected chi connectivity index (χ4v) is 3.89. The monoisotopic (exact) mass is 321 g/mol. The number of rotatable bonds is 2. The molecule has 2 amide bonds. The van der Waals surface area contributed by atoms with Gasteiger partial charge in [-0.3, -0.25) is 0 Å². The molecule has 0 unspecified atom stereocenters. The van der Waals surface area contributed by atoms with E-state index >= 15 is 0 Å². The van der Waals surface area contributed by atoms with Crippen molar-refractivity contribution < 1.29 is 13.2 Å². The highest BCUT2D eigenvalue weighted by Gasteiger charge is 2.37. The van der Waals surface area contributed by atoms with Crippen molar-refractivity contribution in [3.05, 3.63) is 42.6 Å². The van der Waals surface area contributed by atoms with Gasteiger partial charge in [0.05, 0.1) is 22.6 Å². The van der Waals surface area contributed by atoms with E-state index in [0.29, 0.717) is 0 Å². The van der Waals surface area contributed by atoms with Crippen molar-refractivity contribution in [1.29, 1.82) is 0 Å². The summed E-state index contributed by atoms with van der Waals surface area (Å²) >= 11 is 1.43. The van der Waals surface area contributed by atoms with Crippen LogP contribution in [0.1, 0.15) is 0 Å². The number of sulfonamides is 1. The zero-order valence-corrected chi connectivity index (χ0v) is 12.6. The highest BCUT2D eigenvalue weighted by Crippen LogP contribution is 2.33. The van der Waals surface area contributed by atoms with Gasteiger partial charge in [0.25, 0.3) is 10.0 Å². The van der Waals surface area contributed by atoms with E-state index in [1.807, 2.05) is 6.26 Å². The summed E-state index contributed by atoms with van der Waals surface area (Å²) in [6, 6.07) is 8.80. The standard InChI is InChI=1S/C13H11N3O3S2/c1-20-12-7-6-9(8-14-12)16-13(17)15-10-4-2-3-5-11(10)21(16,18)19/h2-8H,1H3,(H,15,17). The van der Waals surface area contributed by atoms with Gasteiger partial charge in [-0.05, 0) is 30.5 Å². The maximum Gasteiger partial charge on any atom is 0.340 e. The number of nitrogens with zero attached hydrogens (tertiary/aromatic N) is 2. The first-order valence-electron chi connectivity index (χ1n) is 5.99. The maximum absolute atomic E-state index is 12.6. The van der Waals surface area contributed by atoms with Crippen LogP contribution in [-0.2, 0) is 10.0 Å². The molecule has 108 valence electrons. The van der Waals surface area contributed by atoms with Crippen molar-refractivity contribution in [2.45, 2.75) is 9.92 Å². The molecule has 0 spiro atoms. The van der Waals surface area contributed by atoms with Crippen molar-refractivity contribution in [1.82, 2.24) is 4.98 Å². The second-order valence-corrected chi connectivity index (χ2v) is 6.84. The number of amides is 2. The predicted octanol–water partition coefficient (Wildman–Crippen LogP) is 2.54. The lowest BCUT2D eigenvalue weighted by Crippen LogP contribution is -2.44. The molecule has 0 atom stereocenters. The molecular weight excluding hydrogens is 310 g/mol. The van der Waals surface area contributed by atoms with E-state index in [9.17, 15) is 13.2 Å². The molecule has 1 N–H and O–H groups in total. The highest BCUT2D eigenvalue weighted by molar-refractivity contribution is 7.98. The molecule has 1 aromatic carbocycles. The minimum absolute atomic E-state index is 0.0681. The molecule has 2 heterocycles. The van der Waals surface area contributed by atoms with Crippen molar-refractivity contribution in [3.8, 4) is 0 Å². The third-order valence-electron chi connectivity index (χ3n) is 3.00. The van der Waals surface area contributed by atoms with Crippen molar-refractivity contribution >= 4 is 39.2 Å². The summed E-state index contributed by atoms with van der Waals surface area (Å²) in [7, 11) is -3.93. The molecule has 1 aromatic heterocycles. The smallest absolute Gasteiger partial charge is 0.305 e. The van der Waals surface area contributed by atoms with Crippen LogP contribution in [0.2, 0.25) is 0 Å². The second-order valence-electron chi connectivity index (χ2n) is 4.25. The van der Waals surface area contributed by atoms with Crippen molar-refractivity contribution in [2.75, 3.05) is 15.9 Å². The SMILES string of the molecule is CSc1ccc(N2C(=O)Nc3ccccc3S2(=O)=O)cn1. The minimum atomic E-state index is -3.93. The molecule has 6 nitrogen and oxygen atoms in total. The lowest BCUT2D eigenvalue weighted by Gasteiger charge is -2.28. The van der Waals surface area contributed by atoms with Gasteiger partial charge in [-0.15, -0.1) is 11.8 Å². The van der Waals surface area contributed by atoms with Gasteiger partial charge in [-0.25, -0.2) is 18.2 Å². The Labute approximate surface area is 126 Å². The maximum atomic E-state index is 12.6. The van der Waals surface area contributed by atoms with E-state index in [1.165, 1.54) is 24.0 Å². The molecule has 2 aromatic rings. The Morgan fingerprint density at radius 3 is 2.62 bits per heavy atom. The third kappa shape index (κ3) is 2.26. The fourth-order valence-electron chi connectivity index (χ4n) is 2.04. The average Bonchev–Trinajstić information content (AvgIpc) is 2.47. The fraction of sp³-hybridized carbons (Fsp3) is 0.0769. The molecule has 0 saturated carbocycles. The third-order valence-corrected chi connectivity index (χ3v) is 5.42. The van der Waals surface area contributed by atoms with E-state index in [4.69, 9.17) is 0 Å². The van der Waals surface area contributed by atoms with Crippen LogP contribution in [0.4, 0.5) is 16.2 Å². The van der Waals surface area contributed by atoms with Crippen LogP contribution in [0.5, 0.6) is 0 Å². The zero-order chi connectivity index (χ0) is 15.0. The number of hydrogen-bond acceptors (Lipinski definition) is 5. The number of aromatic nitrogens is 1. The summed E-state index contributed by atoms with van der Waals surface area (Å²) in [5.74, 6) is 0. The zero-order valence-electron chi connectivity index (χ0n) is 11.0. The summed E-state index contributed by atoms with van der Waals surface area (Å²) in [5.41, 5.74) is 0.493. The molecule has 1 aliphatic heterocycles. The lowest BCUT2D eigenvalue weighted by molar-refractivity contribution is 0.259. The lowest BCUT2D eigenvalue weighted by atomic mass is 10.3. The topological polar surface area (TPSA) is 79.4 Å². The van der Waals surface area contributed by atoms with E-state index in [2.05, 4.69) is 10.3 Å². The van der Waals surface area contributed by atoms with Gasteiger partial charge in [0, 0.05) is 0 Å². The molecule has 0 radical (unpaired) electrons. The number of carbonyl (C=O) groups is 1. The van der Waals surface area contributed by atoms with Gasteiger partial charge in [-0.2, -0.15) is 4.31 Å². The Balaban J connectivity index is 2.12. The molecular formula is C13H11N3O3S2. The van der Waals surface area contributed by atoms with Gasteiger partial charge >= 0.3 is 6.03 Å². The largest absolute Gasteiger partial charge is 0.340 e. The first-order valence-corrected chi connectivity index (χ1v) is 8.66. The first-order chi connectivity index (χ1) is 10.0. The van der Waals surface area contributed by atoms with Crippen LogP contribution in [0.25, 0.3) is 0 Å². The molecule has 0 saturated heterocycles. The number of fused-ring (bicyclic) bond motifs is 1. The number of nitrogens with one attached hydrogen (secondary N) is 1. The first kappa shape index (κ1) is 13.9. The highest BCUT2D eigenvalue weighted by atomic mass is 32.2. The number of para-hydroxylation sites is 1. The van der Waals surface area contributed by atoms with E-state index in [-0.39, 0.29) is 16.3 Å². The molecule has 0 bridgehead atoms. The Hall–Kier alpha value is -2.06. The van der Waals surface area contributed by atoms with E-state index in [1.54, 1.807) is 30.3 Å². The van der Waals surface area contributed by atoms with Crippen LogP contribution < -0.4 is 9.62 Å². The van der Waals surface area contributed by atoms with E-state index in [0.717, 1.165) is 9.33 Å². The van der Waals surface area contributed by atoms with Gasteiger partial charge in [0.15, 0.2) is 0 Å². The number of pyridine rings is 1. The van der Waals surface area contributed by atoms with Crippen LogP contribution >= 0.6 is 11.8 Å². The van der Waals surface area contributed by atoms with Crippen molar-refractivity contribution in [2.24, 2.45) is 0 Å². The number of urea groups is 1. The Morgan fingerprint density at radius 2 is 1.95 bits per heavy atom. The normalized spacial score (nSPS) is 16.2. The molecule has 21 heavy (non-hydrogen) atoms. The number of thioether (sulfide) groups is 1. The Bertz CT molecular complexity index is 804. The number of carbonyl (C=O) groups excluding carboxylic acids is 1. The van der Waals surface area contributed by atoms with Crippen LogP contribution in [-0.4, -0.2) is 25.7 Å². The average molecular weight is 321 g/mol. The minimum Gasteiger partial charge on any atom is -0.305 e. The summed E-state index contributed by atoms with van der Waals surface area (Å²) in [6.07, 6.45) is 3.24. The van der Waals surface area contributed by atoms with Crippen LogP contribution in [0, 0.1) is 0 Å². The number of benzene rings is 1. The number of anilines is 2. The molecule has 0 aliphatic carbocycles. The molecule has 8 heteroatoms. The number of hydrogen-bond donors (Lipinski definition) is 1. The van der Waals surface area contributed by atoms with Gasteiger partial charge in [0.2, 0.25) is 0 Å². The molecule has 3 rings (SSSR count). The molecule has 1 aliphatic rings. The predicted molar refractivity (Wildman–Crippen MR) is 81.1 cm³/mol. The summed E-state index contributed by atoms with van der Waals surface area (Å²) in [4.78, 5) is 16.3. The van der Waals surface area contributed by atoms with Crippen molar-refractivity contribution in [3.63, 3.8) is 0 Å². The Morgan fingerprint density at radius 1 is 1.19 bits per heavy atom. The Kier molecular flexibility index (Phi) is 3.34. The second kappa shape index (κ2) is 5.05. The van der Waals surface area contributed by atoms with E-state index < -0.39 is 16.1 Å². The van der Waals surface area contributed by atoms with Gasteiger partial charge in [0.1, 0.15) is 4.90 Å². The summed E-state index contributed by atoms with van der Waals surface area (Å²) < 4.78 is 25.9. The summed E-state index contributed by atoms with van der Waals surface area (Å²) in [6.45, 7) is 0. The summed E-state index contributed by atoms with van der Waals surface area (Å²) in [5, 5.41) is 3.31. The molecule has 0 fully saturated rings. The van der Waals surface area contributed by atoms with Gasteiger partial charge < -0.3 is 5.32 Å². The van der Waals surface area contributed by atoms with Crippen LogP contribution in [0.15, 0.2) is 52.5 Å². The van der Waals surface area contributed by atoms with Crippen LogP contribution in [0.3, 0.4) is 0 Å². The quantitative estimate of drug-likeness (QED) is 0.860.